The lowest BCUT2D eigenvalue weighted by Gasteiger charge is -2.26. The second-order valence-electron chi connectivity index (χ2n) is 10.8. The summed E-state index contributed by atoms with van der Waals surface area (Å²) in [4.78, 5) is 53.8. The Kier molecular flexibility index (Phi) is 35.3. The molecule has 268 valence electrons. The first-order valence-corrected chi connectivity index (χ1v) is 15.8. The maximum atomic E-state index is 12.6. The molecule has 0 aromatic rings. The Labute approximate surface area is 266 Å². The highest BCUT2D eigenvalue weighted by atomic mass is 19.4. The quantitative estimate of drug-likeness (QED) is 0.0930. The number of carboxylic acid groups (broad SMARTS) is 2. The fourth-order valence-corrected chi connectivity index (χ4v) is 3.54. The largest absolute Gasteiger partial charge is 0.490 e. The van der Waals surface area contributed by atoms with Gasteiger partial charge in [0.1, 0.15) is 0 Å². The Morgan fingerprint density at radius 1 is 0.711 bits per heavy atom. The molecule has 12 nitrogen and oxygen atoms in total. The smallest absolute Gasteiger partial charge is 0.481 e. The lowest BCUT2D eigenvalue weighted by Crippen LogP contribution is -2.49. The van der Waals surface area contributed by atoms with Crippen LogP contribution in [0.5, 0.6) is 0 Å². The zero-order valence-electron chi connectivity index (χ0n) is 27.7. The Hall–Kier alpha value is -2.94. The summed E-state index contributed by atoms with van der Waals surface area (Å²) in [5.74, 6) is -3.81. The summed E-state index contributed by atoms with van der Waals surface area (Å²) in [6.07, 6.45) is 12.0. The molecule has 0 aromatic carbocycles. The maximum absolute atomic E-state index is 12.6. The first-order valence-electron chi connectivity index (χ1n) is 15.8. The highest BCUT2D eigenvalue weighted by Gasteiger charge is 2.38. The van der Waals surface area contributed by atoms with Gasteiger partial charge in [0.15, 0.2) is 0 Å². The van der Waals surface area contributed by atoms with Crippen molar-refractivity contribution < 1.29 is 47.4 Å². The van der Waals surface area contributed by atoms with Gasteiger partial charge < -0.3 is 33.1 Å². The van der Waals surface area contributed by atoms with Gasteiger partial charge in [-0.1, -0.05) is 98.3 Å². The van der Waals surface area contributed by atoms with Crippen LogP contribution in [-0.2, 0) is 19.2 Å². The molecule has 0 spiro atoms. The number of halogens is 3. The van der Waals surface area contributed by atoms with Crippen molar-refractivity contribution in [2.75, 3.05) is 13.1 Å². The zero-order chi connectivity index (χ0) is 35.8. The van der Waals surface area contributed by atoms with E-state index < -0.39 is 30.2 Å². The third-order valence-electron chi connectivity index (χ3n) is 6.11. The number of imide groups is 1. The third kappa shape index (κ3) is 39.0. The van der Waals surface area contributed by atoms with Gasteiger partial charge in [0.25, 0.3) is 0 Å². The molecular weight excluding hydrogens is 599 g/mol. The Morgan fingerprint density at radius 2 is 1.09 bits per heavy atom. The third-order valence-corrected chi connectivity index (χ3v) is 6.11. The second-order valence-corrected chi connectivity index (χ2v) is 10.8. The van der Waals surface area contributed by atoms with E-state index in [1.54, 1.807) is 0 Å². The number of unbranched alkanes of at least 4 members (excludes halogenated alkanes) is 11. The van der Waals surface area contributed by atoms with Crippen LogP contribution >= 0.6 is 0 Å². The van der Waals surface area contributed by atoms with Crippen molar-refractivity contribution in [3.63, 3.8) is 0 Å². The minimum Gasteiger partial charge on any atom is -0.481 e. The van der Waals surface area contributed by atoms with Gasteiger partial charge in [-0.15, -0.1) is 0 Å². The number of nitrogens with zero attached hydrogens (tertiary/aromatic N) is 1. The molecule has 0 aliphatic carbocycles. The van der Waals surface area contributed by atoms with Gasteiger partial charge in [0.2, 0.25) is 11.8 Å². The van der Waals surface area contributed by atoms with Crippen molar-refractivity contribution in [3.05, 3.63) is 0 Å². The molecule has 10 N–H and O–H groups in total. The summed E-state index contributed by atoms with van der Waals surface area (Å²) >= 11 is 0. The van der Waals surface area contributed by atoms with Crippen molar-refractivity contribution >= 4 is 29.8 Å². The lowest BCUT2D eigenvalue weighted by molar-refractivity contribution is -0.192. The Balaban J connectivity index is -0.000000399. The van der Waals surface area contributed by atoms with E-state index in [-0.39, 0.29) is 17.7 Å². The van der Waals surface area contributed by atoms with Crippen molar-refractivity contribution in [3.8, 4) is 0 Å². The van der Waals surface area contributed by atoms with Gasteiger partial charge in [-0.2, -0.15) is 13.2 Å². The van der Waals surface area contributed by atoms with Gasteiger partial charge >= 0.3 is 24.1 Å². The molecule has 0 aliphatic heterocycles. The normalized spacial score (nSPS) is 11.1. The molecule has 0 saturated heterocycles. The van der Waals surface area contributed by atoms with Crippen LogP contribution in [0, 0.1) is 5.92 Å². The monoisotopic (exact) mass is 659 g/mol. The van der Waals surface area contributed by atoms with Gasteiger partial charge in [0, 0.05) is 19.4 Å². The zero-order valence-corrected chi connectivity index (χ0v) is 27.7. The van der Waals surface area contributed by atoms with Crippen molar-refractivity contribution in [1.29, 1.82) is 0 Å². The van der Waals surface area contributed by atoms with Crippen LogP contribution in [0.1, 0.15) is 130 Å². The average molecular weight is 660 g/mol. The molecule has 0 saturated carbocycles. The molecule has 0 bridgehead atoms. The minimum atomic E-state index is -5.08. The fourth-order valence-electron chi connectivity index (χ4n) is 3.54. The summed E-state index contributed by atoms with van der Waals surface area (Å²) in [6.45, 7) is 8.87. The second kappa shape index (κ2) is 32.5. The molecular formula is C30H60F3N5O7. The predicted molar refractivity (Wildman–Crippen MR) is 169 cm³/mol. The number of hydrogen-bond donors (Lipinski definition) is 6. The number of aliphatic carboxylic acids is 2. The molecule has 0 rings (SSSR count). The van der Waals surface area contributed by atoms with Crippen LogP contribution in [-0.4, -0.2) is 70.2 Å². The molecule has 1 unspecified atom stereocenters. The summed E-state index contributed by atoms with van der Waals surface area (Å²) in [7, 11) is 0. The molecule has 1 atom stereocenters. The van der Waals surface area contributed by atoms with Crippen LogP contribution in [0.4, 0.5) is 18.0 Å². The van der Waals surface area contributed by atoms with Crippen LogP contribution in [0.25, 0.3) is 0 Å². The number of nitrogens with two attached hydrogens (primary N) is 4. The summed E-state index contributed by atoms with van der Waals surface area (Å²) in [6, 6.07) is -1.45. The summed E-state index contributed by atoms with van der Waals surface area (Å²) in [5.41, 5.74) is 20.0. The number of urea groups is 1. The fraction of sp³-hybridized carbons (Fsp3) is 0.833. The summed E-state index contributed by atoms with van der Waals surface area (Å²) < 4.78 is 31.7. The molecule has 45 heavy (non-hydrogen) atoms. The number of amides is 4. The van der Waals surface area contributed by atoms with Gasteiger partial charge in [-0.25, -0.2) is 9.59 Å². The number of rotatable bonds is 20. The number of carbonyl (C=O) groups is 5. The van der Waals surface area contributed by atoms with Gasteiger partial charge in [-0.3, -0.25) is 19.3 Å². The molecule has 0 radical (unpaired) electrons. The van der Waals surface area contributed by atoms with E-state index in [4.69, 9.17) is 31.3 Å². The number of carbonyl (C=O) groups excluding carboxylic acids is 3. The van der Waals surface area contributed by atoms with E-state index in [0.717, 1.165) is 19.3 Å². The van der Waals surface area contributed by atoms with E-state index in [9.17, 15) is 27.6 Å². The number of primary amides is 2. The molecule has 0 aliphatic rings. The van der Waals surface area contributed by atoms with Gasteiger partial charge in [0.05, 0.1) is 6.04 Å². The Morgan fingerprint density at radius 3 is 1.36 bits per heavy atom. The van der Waals surface area contributed by atoms with Crippen molar-refractivity contribution in [2.24, 2.45) is 28.9 Å². The first kappa shape index (κ1) is 49.0. The summed E-state index contributed by atoms with van der Waals surface area (Å²) in [5, 5.41) is 15.0. The number of alkyl halides is 3. The minimum absolute atomic E-state index is 0.0271. The first-order chi connectivity index (χ1) is 20.9. The maximum Gasteiger partial charge on any atom is 0.490 e. The standard InChI is InChI=1S/C23H47N3O2.C4H8O2.C2HF3O2.CH4N2O/c1-4-5-6-7-8-9-10-11-12-13-14-15-19-26(21(27)17-16-18-24)23(28)22(25)20(2)3;1-2-3-4(5)6;3-2(4,5)1(6)7;2-1(3)4/h20,22H,4-19,24-25H2,1-3H3;2-3H2,1H3,(H,5,6);(H,6,7);(H4,2,3,4). The molecule has 0 fully saturated rings. The number of hydrogen-bond acceptors (Lipinski definition) is 7. The predicted octanol–water partition coefficient (Wildman–Crippen LogP) is 5.29. The van der Waals surface area contributed by atoms with Crippen molar-refractivity contribution in [1.82, 2.24) is 4.90 Å². The van der Waals surface area contributed by atoms with Crippen molar-refractivity contribution in [2.45, 2.75) is 143 Å². The number of carboxylic acids is 2. The molecule has 4 amide bonds. The molecule has 0 aromatic heterocycles. The van der Waals surface area contributed by atoms with Crippen LogP contribution < -0.4 is 22.9 Å². The van der Waals surface area contributed by atoms with E-state index >= 15 is 0 Å². The molecule has 0 heterocycles. The van der Waals surface area contributed by atoms with Crippen LogP contribution in [0.15, 0.2) is 0 Å². The Bertz CT molecular complexity index is 782. The van der Waals surface area contributed by atoms with Gasteiger partial charge in [-0.05, 0) is 31.7 Å². The average Bonchev–Trinajstić information content (AvgIpc) is 2.93. The van der Waals surface area contributed by atoms with E-state index in [1.807, 2.05) is 20.8 Å². The van der Waals surface area contributed by atoms with E-state index in [0.29, 0.717) is 32.4 Å². The topological polar surface area (TPSA) is 233 Å². The van der Waals surface area contributed by atoms with Crippen LogP contribution in [0.3, 0.4) is 0 Å². The highest BCUT2D eigenvalue weighted by Crippen LogP contribution is 2.14. The van der Waals surface area contributed by atoms with E-state index in [1.165, 1.54) is 69.1 Å². The van der Waals surface area contributed by atoms with Crippen LogP contribution in [0.2, 0.25) is 0 Å². The lowest BCUT2D eigenvalue weighted by atomic mass is 10.0. The highest BCUT2D eigenvalue weighted by molar-refractivity contribution is 5.97. The molecule has 15 heteroatoms. The SMILES string of the molecule is CCCC(=O)O.CCCCCCCCCCCCCCN(C(=O)CCCN)C(=O)C(N)C(C)C.NC(N)=O.O=C(O)C(F)(F)F. The van der Waals surface area contributed by atoms with E-state index in [2.05, 4.69) is 18.4 Å².